The van der Waals surface area contributed by atoms with Gasteiger partial charge in [-0.25, -0.2) is 0 Å². The molecule has 4 unspecified atom stereocenters. The molecule has 2 N–H and O–H groups in total. The van der Waals surface area contributed by atoms with Crippen LogP contribution in [0.4, 0.5) is 0 Å². The molecule has 2 aliphatic rings. The Bertz CT molecular complexity index is 285. The van der Waals surface area contributed by atoms with Crippen molar-refractivity contribution in [2.24, 2.45) is 11.8 Å². The third kappa shape index (κ3) is 5.16. The largest absolute Gasteiger partial charge is 0.353 e. The van der Waals surface area contributed by atoms with Gasteiger partial charge in [0.15, 0.2) is 0 Å². The van der Waals surface area contributed by atoms with E-state index in [4.69, 9.17) is 0 Å². The smallest absolute Gasteiger partial charge is 0.221 e. The van der Waals surface area contributed by atoms with Gasteiger partial charge in [-0.3, -0.25) is 4.79 Å². The van der Waals surface area contributed by atoms with Gasteiger partial charge in [0.1, 0.15) is 0 Å². The first-order chi connectivity index (χ1) is 8.66. The lowest BCUT2D eigenvalue weighted by atomic mass is 9.78. The highest BCUT2D eigenvalue weighted by molar-refractivity contribution is 7.99. The van der Waals surface area contributed by atoms with Gasteiger partial charge in [-0.15, -0.1) is 12.4 Å². The molecule has 1 saturated carbocycles. The molecule has 4 atom stereocenters. The van der Waals surface area contributed by atoms with Crippen molar-refractivity contribution in [2.75, 3.05) is 18.1 Å². The van der Waals surface area contributed by atoms with E-state index in [1.807, 2.05) is 11.8 Å². The van der Waals surface area contributed by atoms with E-state index in [2.05, 4.69) is 24.5 Å². The van der Waals surface area contributed by atoms with Gasteiger partial charge in [0.25, 0.3) is 0 Å². The Morgan fingerprint density at radius 1 is 1.37 bits per heavy atom. The molecule has 1 saturated heterocycles. The number of thioether (sulfide) groups is 1. The number of hydrogen-bond donors (Lipinski definition) is 2. The van der Waals surface area contributed by atoms with E-state index >= 15 is 0 Å². The highest BCUT2D eigenvalue weighted by Crippen LogP contribution is 2.29. The molecule has 0 spiro atoms. The summed E-state index contributed by atoms with van der Waals surface area (Å²) in [5.41, 5.74) is 0. The fourth-order valence-electron chi connectivity index (χ4n) is 3.03. The summed E-state index contributed by atoms with van der Waals surface area (Å²) in [6, 6.07) is 0.776. The highest BCUT2D eigenvalue weighted by Gasteiger charge is 2.28. The Balaban J connectivity index is 0.00000180. The molecule has 0 aromatic heterocycles. The first kappa shape index (κ1) is 17.1. The summed E-state index contributed by atoms with van der Waals surface area (Å²) in [6.45, 7) is 5.63. The number of halogens is 1. The fourth-order valence-corrected chi connectivity index (χ4v) is 3.98. The van der Waals surface area contributed by atoms with E-state index in [9.17, 15) is 4.79 Å². The molecule has 19 heavy (non-hydrogen) atoms. The SMILES string of the molecule is CC1CCCC(NC(=O)CC2CSCCN2)C1C.Cl. The van der Waals surface area contributed by atoms with Gasteiger partial charge in [0.05, 0.1) is 0 Å². The predicted molar refractivity (Wildman–Crippen MR) is 85.1 cm³/mol. The van der Waals surface area contributed by atoms with Crippen LogP contribution in [0.25, 0.3) is 0 Å². The van der Waals surface area contributed by atoms with Crippen LogP contribution in [0, 0.1) is 11.8 Å². The Labute approximate surface area is 127 Å². The molecule has 2 rings (SSSR count). The molecule has 0 aromatic rings. The second-order valence-corrected chi connectivity index (χ2v) is 7.02. The summed E-state index contributed by atoms with van der Waals surface area (Å²) >= 11 is 1.95. The van der Waals surface area contributed by atoms with E-state index < -0.39 is 0 Å². The minimum Gasteiger partial charge on any atom is -0.353 e. The number of carbonyl (C=O) groups is 1. The van der Waals surface area contributed by atoms with E-state index in [1.54, 1.807) is 0 Å². The van der Waals surface area contributed by atoms with E-state index in [0.717, 1.165) is 24.6 Å². The Kier molecular flexibility index (Phi) is 7.55. The van der Waals surface area contributed by atoms with E-state index in [1.165, 1.54) is 18.6 Å². The zero-order chi connectivity index (χ0) is 13.0. The molecular formula is C14H27ClN2OS. The highest BCUT2D eigenvalue weighted by atomic mass is 35.5. The lowest BCUT2D eigenvalue weighted by Crippen LogP contribution is -2.47. The minimum absolute atomic E-state index is 0. The summed E-state index contributed by atoms with van der Waals surface area (Å²) in [7, 11) is 0. The summed E-state index contributed by atoms with van der Waals surface area (Å²) < 4.78 is 0. The number of amides is 1. The topological polar surface area (TPSA) is 41.1 Å². The van der Waals surface area contributed by atoms with Gasteiger partial charge in [-0.05, 0) is 18.3 Å². The number of carbonyl (C=O) groups excluding carboxylic acids is 1. The Hall–Kier alpha value is 0.0700. The molecule has 1 aliphatic carbocycles. The van der Waals surface area contributed by atoms with Gasteiger partial charge in [0, 0.05) is 36.6 Å². The van der Waals surface area contributed by atoms with Crippen molar-refractivity contribution in [3.05, 3.63) is 0 Å². The average molecular weight is 307 g/mol. The minimum atomic E-state index is 0. The summed E-state index contributed by atoms with van der Waals surface area (Å²) in [4.78, 5) is 12.1. The first-order valence-electron chi connectivity index (χ1n) is 7.27. The van der Waals surface area contributed by atoms with Gasteiger partial charge in [0.2, 0.25) is 5.91 Å². The van der Waals surface area contributed by atoms with Crippen LogP contribution in [0.1, 0.15) is 39.5 Å². The quantitative estimate of drug-likeness (QED) is 0.841. The molecule has 0 radical (unpaired) electrons. The van der Waals surface area contributed by atoms with Crippen LogP contribution in [0.3, 0.4) is 0 Å². The molecule has 0 aromatic carbocycles. The predicted octanol–water partition coefficient (Wildman–Crippen LogP) is 2.44. The zero-order valence-corrected chi connectivity index (χ0v) is 13.6. The summed E-state index contributed by atoms with van der Waals surface area (Å²) in [5, 5.41) is 6.68. The molecule has 2 fully saturated rings. The normalized spacial score (nSPS) is 35.3. The molecule has 112 valence electrons. The monoisotopic (exact) mass is 306 g/mol. The van der Waals surface area contributed by atoms with Gasteiger partial charge >= 0.3 is 0 Å². The van der Waals surface area contributed by atoms with Crippen LogP contribution in [0.5, 0.6) is 0 Å². The van der Waals surface area contributed by atoms with Crippen molar-refractivity contribution in [1.82, 2.24) is 10.6 Å². The molecule has 1 amide bonds. The van der Waals surface area contributed by atoms with Crippen LogP contribution in [0.2, 0.25) is 0 Å². The Morgan fingerprint density at radius 3 is 2.84 bits per heavy atom. The maximum atomic E-state index is 12.1. The van der Waals surface area contributed by atoms with Crippen LogP contribution < -0.4 is 10.6 Å². The molecule has 0 bridgehead atoms. The van der Waals surface area contributed by atoms with Crippen molar-refractivity contribution in [2.45, 2.75) is 51.6 Å². The molecule has 1 aliphatic heterocycles. The van der Waals surface area contributed by atoms with Crippen molar-refractivity contribution in [3.8, 4) is 0 Å². The van der Waals surface area contributed by atoms with Gasteiger partial charge < -0.3 is 10.6 Å². The molecule has 1 heterocycles. The average Bonchev–Trinajstić information content (AvgIpc) is 2.36. The van der Waals surface area contributed by atoms with Crippen molar-refractivity contribution >= 4 is 30.1 Å². The third-order valence-corrected chi connectivity index (χ3v) is 5.61. The lowest BCUT2D eigenvalue weighted by Gasteiger charge is -2.35. The van der Waals surface area contributed by atoms with Gasteiger partial charge in [-0.2, -0.15) is 11.8 Å². The fraction of sp³-hybridized carbons (Fsp3) is 0.929. The zero-order valence-electron chi connectivity index (χ0n) is 12.0. The maximum absolute atomic E-state index is 12.1. The van der Waals surface area contributed by atoms with Crippen molar-refractivity contribution in [1.29, 1.82) is 0 Å². The van der Waals surface area contributed by atoms with Crippen LogP contribution in [-0.4, -0.2) is 36.0 Å². The van der Waals surface area contributed by atoms with Gasteiger partial charge in [-0.1, -0.05) is 26.7 Å². The Morgan fingerprint density at radius 2 is 2.16 bits per heavy atom. The van der Waals surface area contributed by atoms with E-state index in [0.29, 0.717) is 24.4 Å². The van der Waals surface area contributed by atoms with Crippen molar-refractivity contribution < 1.29 is 4.79 Å². The second kappa shape index (κ2) is 8.38. The number of nitrogens with one attached hydrogen (secondary N) is 2. The standard InChI is InChI=1S/C14H26N2OS.ClH/c1-10-4-3-5-13(11(10)2)16-14(17)8-12-9-18-7-6-15-12;/h10-13,15H,3-9H2,1-2H3,(H,16,17);1H. The second-order valence-electron chi connectivity index (χ2n) is 5.87. The number of rotatable bonds is 3. The number of hydrogen-bond acceptors (Lipinski definition) is 3. The molecule has 3 nitrogen and oxygen atoms in total. The maximum Gasteiger partial charge on any atom is 0.221 e. The third-order valence-electron chi connectivity index (χ3n) is 4.48. The molecule has 5 heteroatoms. The van der Waals surface area contributed by atoms with E-state index in [-0.39, 0.29) is 18.3 Å². The van der Waals surface area contributed by atoms with Crippen LogP contribution >= 0.6 is 24.2 Å². The lowest BCUT2D eigenvalue weighted by molar-refractivity contribution is -0.122. The summed E-state index contributed by atoms with van der Waals surface area (Å²) in [5.74, 6) is 3.85. The first-order valence-corrected chi connectivity index (χ1v) is 8.42. The van der Waals surface area contributed by atoms with Crippen LogP contribution in [-0.2, 0) is 4.79 Å². The van der Waals surface area contributed by atoms with Crippen LogP contribution in [0.15, 0.2) is 0 Å². The summed E-state index contributed by atoms with van der Waals surface area (Å²) in [6.07, 6.45) is 4.37. The molecular weight excluding hydrogens is 280 g/mol. The van der Waals surface area contributed by atoms with Crippen molar-refractivity contribution in [3.63, 3.8) is 0 Å².